The van der Waals surface area contributed by atoms with Crippen LogP contribution in [0.25, 0.3) is 0 Å². The van der Waals surface area contributed by atoms with Crippen LogP contribution in [0.15, 0.2) is 0 Å². The number of carbonyl (C=O) groups excluding carboxylic acids is 5. The van der Waals surface area contributed by atoms with E-state index in [2.05, 4.69) is 26.6 Å². The van der Waals surface area contributed by atoms with E-state index >= 15 is 0 Å². The highest BCUT2D eigenvalue weighted by Gasteiger charge is 2.38. The molecule has 2 saturated heterocycles. The van der Waals surface area contributed by atoms with Gasteiger partial charge in [0.25, 0.3) is 0 Å². The molecule has 0 saturated carbocycles. The summed E-state index contributed by atoms with van der Waals surface area (Å²) in [6.45, 7) is 11.1. The molecule has 2 bridgehead atoms. The number of carbonyl (C=O) groups is 5. The molecule has 2 rings (SSSR count). The smallest absolute Gasteiger partial charge is 0.244 e. The van der Waals surface area contributed by atoms with Crippen molar-refractivity contribution in [3.63, 3.8) is 0 Å². The molecule has 7 atom stereocenters. The summed E-state index contributed by atoms with van der Waals surface area (Å²) in [5.74, 6) is -2.41. The van der Waals surface area contributed by atoms with Crippen LogP contribution in [0.5, 0.6) is 0 Å². The van der Waals surface area contributed by atoms with Crippen molar-refractivity contribution in [2.75, 3.05) is 11.5 Å². The maximum absolute atomic E-state index is 13.4. The third-order valence-electron chi connectivity index (χ3n) is 6.65. The normalized spacial score (nSPS) is 30.9. The van der Waals surface area contributed by atoms with Gasteiger partial charge in [-0.05, 0) is 17.8 Å². The molecule has 2 fully saturated rings. The number of amides is 5. The predicted octanol–water partition coefficient (Wildman–Crippen LogP) is 0.567. The molecule has 0 aromatic rings. The molecule has 5 N–H and O–H groups in total. The Hall–Kier alpha value is -1.95. The van der Waals surface area contributed by atoms with E-state index in [0.717, 1.165) is 0 Å². The number of hydrogen-bond donors (Lipinski definition) is 5. The highest BCUT2D eigenvalue weighted by Crippen LogP contribution is 2.25. The molecule has 5 amide bonds. The van der Waals surface area contributed by atoms with Gasteiger partial charge in [0, 0.05) is 11.5 Å². The van der Waals surface area contributed by atoms with Crippen molar-refractivity contribution < 1.29 is 24.0 Å². The van der Waals surface area contributed by atoms with E-state index in [9.17, 15) is 24.0 Å². The number of hydrogen-bond acceptors (Lipinski definition) is 7. The minimum atomic E-state index is -0.895. The van der Waals surface area contributed by atoms with Gasteiger partial charge in [0.05, 0.1) is 0 Å². The molecule has 0 radical (unpaired) electrons. The monoisotopic (exact) mass is 529 g/mol. The van der Waals surface area contributed by atoms with Gasteiger partial charge in [0.2, 0.25) is 29.5 Å². The van der Waals surface area contributed by atoms with E-state index in [1.807, 2.05) is 27.7 Å². The van der Waals surface area contributed by atoms with Crippen molar-refractivity contribution in [3.8, 4) is 0 Å². The topological polar surface area (TPSA) is 146 Å². The summed E-state index contributed by atoms with van der Waals surface area (Å²) in [4.78, 5) is 65.9. The van der Waals surface area contributed by atoms with Gasteiger partial charge in [-0.25, -0.2) is 0 Å². The van der Waals surface area contributed by atoms with Gasteiger partial charge in [0.1, 0.15) is 30.2 Å². The Morgan fingerprint density at radius 2 is 0.943 bits per heavy atom. The first kappa shape index (κ1) is 29.3. The van der Waals surface area contributed by atoms with Crippen LogP contribution in [-0.2, 0) is 24.0 Å². The Morgan fingerprint density at radius 3 is 1.37 bits per heavy atom. The molecule has 0 spiro atoms. The van der Waals surface area contributed by atoms with Crippen molar-refractivity contribution in [1.82, 2.24) is 26.6 Å². The Balaban J connectivity index is 2.51. The molecule has 35 heavy (non-hydrogen) atoms. The van der Waals surface area contributed by atoms with Gasteiger partial charge in [-0.15, -0.1) is 0 Å². The zero-order valence-electron chi connectivity index (χ0n) is 21.3. The minimum absolute atomic E-state index is 0.207. The van der Waals surface area contributed by atoms with E-state index < -0.39 is 59.7 Å². The van der Waals surface area contributed by atoms with Gasteiger partial charge in [0.15, 0.2) is 0 Å². The van der Waals surface area contributed by atoms with Crippen LogP contribution < -0.4 is 26.6 Å². The first-order valence-electron chi connectivity index (χ1n) is 12.3. The fourth-order valence-electron chi connectivity index (χ4n) is 3.81. The molecule has 2 aliphatic rings. The van der Waals surface area contributed by atoms with Gasteiger partial charge >= 0.3 is 0 Å². The van der Waals surface area contributed by atoms with Gasteiger partial charge in [-0.2, -0.15) is 0 Å². The van der Waals surface area contributed by atoms with E-state index in [4.69, 9.17) is 0 Å². The summed E-state index contributed by atoms with van der Waals surface area (Å²) < 4.78 is 0. The molecule has 0 aliphatic carbocycles. The first-order chi connectivity index (χ1) is 16.5. The molecule has 0 unspecified atom stereocenters. The lowest BCUT2D eigenvalue weighted by atomic mass is 9.94. The van der Waals surface area contributed by atoms with Gasteiger partial charge in [-0.3, -0.25) is 24.0 Å². The summed E-state index contributed by atoms with van der Waals surface area (Å²) in [5, 5.41) is 13.9. The average Bonchev–Trinajstić information content (AvgIpc) is 2.81. The SMILES string of the molecule is CC[C@@H](C)[C@@H]1NC(=O)[C@@H]([C@@H](C)CC)NC(=O)[C@H](C(C)C)NC(=O)[C@H]2CSSC[C@@H](NC1=O)C(=O)N2. The van der Waals surface area contributed by atoms with Crippen LogP contribution in [0.1, 0.15) is 54.4 Å². The Bertz CT molecular complexity index is 811. The first-order valence-corrected chi connectivity index (χ1v) is 14.7. The van der Waals surface area contributed by atoms with Crippen LogP contribution in [-0.4, -0.2) is 71.3 Å². The zero-order chi connectivity index (χ0) is 26.3. The van der Waals surface area contributed by atoms with Crippen molar-refractivity contribution >= 4 is 51.1 Å². The molecular formula is C23H39N5O5S2. The summed E-state index contributed by atoms with van der Waals surface area (Å²) >= 11 is 0. The lowest BCUT2D eigenvalue weighted by Crippen LogP contribution is -2.60. The summed E-state index contributed by atoms with van der Waals surface area (Å²) in [6, 6.07) is -4.39. The van der Waals surface area contributed by atoms with Gasteiger partial charge in [-0.1, -0.05) is 76.0 Å². The maximum atomic E-state index is 13.4. The van der Waals surface area contributed by atoms with Crippen LogP contribution >= 0.6 is 21.6 Å². The van der Waals surface area contributed by atoms with Crippen molar-refractivity contribution in [2.24, 2.45) is 17.8 Å². The second-order valence-corrected chi connectivity index (χ2v) is 12.2. The van der Waals surface area contributed by atoms with Crippen LogP contribution in [0.3, 0.4) is 0 Å². The van der Waals surface area contributed by atoms with E-state index in [-0.39, 0.29) is 17.8 Å². The summed E-state index contributed by atoms with van der Waals surface area (Å²) in [5.41, 5.74) is 0. The molecule has 0 aromatic carbocycles. The van der Waals surface area contributed by atoms with Crippen molar-refractivity contribution in [1.29, 1.82) is 0 Å². The molecule has 10 nitrogen and oxygen atoms in total. The van der Waals surface area contributed by atoms with E-state index in [1.165, 1.54) is 21.6 Å². The van der Waals surface area contributed by atoms with Crippen LogP contribution in [0.2, 0.25) is 0 Å². The van der Waals surface area contributed by atoms with Gasteiger partial charge < -0.3 is 26.6 Å². The third kappa shape index (κ3) is 7.77. The fourth-order valence-corrected chi connectivity index (χ4v) is 6.14. The average molecular weight is 530 g/mol. The highest BCUT2D eigenvalue weighted by atomic mass is 33.1. The second-order valence-electron chi connectivity index (χ2n) is 9.67. The zero-order valence-corrected chi connectivity index (χ0v) is 22.9. The Labute approximate surface area is 215 Å². The number of rotatable bonds is 5. The molecule has 198 valence electrons. The molecular weight excluding hydrogens is 490 g/mol. The Kier molecular flexibility index (Phi) is 11.2. The Morgan fingerprint density at radius 1 is 0.600 bits per heavy atom. The lowest BCUT2D eigenvalue weighted by molar-refractivity contribution is -0.135. The molecule has 2 heterocycles. The van der Waals surface area contributed by atoms with Crippen LogP contribution in [0.4, 0.5) is 0 Å². The molecule has 2 aliphatic heterocycles. The highest BCUT2D eigenvalue weighted by molar-refractivity contribution is 8.76. The fraction of sp³-hybridized carbons (Fsp3) is 0.783. The summed E-state index contributed by atoms with van der Waals surface area (Å²) in [6.07, 6.45) is 1.24. The standard InChI is InChI=1S/C23H39N5O5S2/c1-7-12(5)17-22(32)25-14-9-34-35-10-15(24-19(14)29)20(30)26-16(11(3)4)21(31)27-18(13(6)8-2)23(33)28-17/h11-18H,7-10H2,1-6H3,(H,24,29)(H,25,32)(H,26,30)(H,27,31)(H,28,33)/t12-,13+,14-,15-,16+,17+,18-/m1/s1. The van der Waals surface area contributed by atoms with E-state index in [1.54, 1.807) is 13.8 Å². The maximum Gasteiger partial charge on any atom is 0.244 e. The lowest BCUT2D eigenvalue weighted by Gasteiger charge is -2.30. The number of nitrogens with one attached hydrogen (secondary N) is 5. The van der Waals surface area contributed by atoms with E-state index in [0.29, 0.717) is 24.3 Å². The molecule has 0 aromatic heterocycles. The quantitative estimate of drug-likeness (QED) is 0.327. The minimum Gasteiger partial charge on any atom is -0.342 e. The largest absolute Gasteiger partial charge is 0.342 e. The molecule has 12 heteroatoms. The summed E-state index contributed by atoms with van der Waals surface area (Å²) in [7, 11) is 2.80. The van der Waals surface area contributed by atoms with Crippen molar-refractivity contribution in [2.45, 2.75) is 84.6 Å². The van der Waals surface area contributed by atoms with Crippen molar-refractivity contribution in [3.05, 3.63) is 0 Å². The third-order valence-corrected chi connectivity index (χ3v) is 9.07. The second kappa shape index (κ2) is 13.4. The van der Waals surface area contributed by atoms with Crippen LogP contribution in [0, 0.1) is 17.8 Å². The predicted molar refractivity (Wildman–Crippen MR) is 138 cm³/mol. The number of fused-ring (bicyclic) bond motifs is 3.